The minimum atomic E-state index is -0.105. The number of hydrogen-bond acceptors (Lipinski definition) is 4. The number of pyridine rings is 1. The zero-order valence-corrected chi connectivity index (χ0v) is 20.2. The van der Waals surface area contributed by atoms with Gasteiger partial charge in [0, 0.05) is 28.1 Å². The molecule has 6 rings (SSSR count). The summed E-state index contributed by atoms with van der Waals surface area (Å²) in [5, 5.41) is 11.1. The topological polar surface area (TPSA) is 63.6 Å². The van der Waals surface area contributed by atoms with Crippen molar-refractivity contribution in [3.05, 3.63) is 95.3 Å². The average Bonchev–Trinajstić information content (AvgIpc) is 3.34. The molecule has 0 amide bonds. The van der Waals surface area contributed by atoms with Crippen LogP contribution in [0.2, 0.25) is 0 Å². The van der Waals surface area contributed by atoms with Crippen LogP contribution in [0.4, 0.5) is 0 Å². The second-order valence-corrected chi connectivity index (χ2v) is 9.98. The highest BCUT2D eigenvalue weighted by Crippen LogP contribution is 2.41. The molecular weight excluding hydrogens is 452 g/mol. The van der Waals surface area contributed by atoms with E-state index in [0.29, 0.717) is 10.9 Å². The van der Waals surface area contributed by atoms with Crippen LogP contribution in [-0.2, 0) is 0 Å². The largest absolute Gasteiger partial charge is 0.321 e. The molecule has 174 valence electrons. The quantitative estimate of drug-likeness (QED) is 0.292. The van der Waals surface area contributed by atoms with E-state index < -0.39 is 0 Å². The highest BCUT2D eigenvalue weighted by Gasteiger charge is 2.26. The minimum absolute atomic E-state index is 0.105. The third kappa shape index (κ3) is 4.19. The first-order chi connectivity index (χ1) is 17.3. The molecule has 0 bridgehead atoms. The zero-order chi connectivity index (χ0) is 23.6. The Labute approximate surface area is 208 Å². The number of nitrogens with zero attached hydrogens (tertiary/aromatic N) is 3. The maximum Gasteiger partial charge on any atom is 0.263 e. The molecule has 5 aromatic rings. The molecule has 0 aliphatic heterocycles. The normalized spacial score (nSPS) is 14.4. The number of H-pyrrole nitrogens is 1. The number of aromatic amines is 1. The molecule has 6 heteroatoms. The Bertz CT molecular complexity index is 1520. The molecule has 0 saturated heterocycles. The van der Waals surface area contributed by atoms with Crippen LogP contribution >= 0.6 is 11.8 Å². The zero-order valence-electron chi connectivity index (χ0n) is 19.4. The van der Waals surface area contributed by atoms with Crippen molar-refractivity contribution in [1.29, 1.82) is 0 Å². The summed E-state index contributed by atoms with van der Waals surface area (Å²) in [7, 11) is 0. The molecule has 0 spiro atoms. The third-order valence-electron chi connectivity index (χ3n) is 6.77. The fourth-order valence-corrected chi connectivity index (χ4v) is 6.18. The van der Waals surface area contributed by atoms with Crippen molar-refractivity contribution in [1.82, 2.24) is 19.7 Å². The molecule has 0 unspecified atom stereocenters. The molecule has 2 heterocycles. The molecule has 1 N–H and O–H groups in total. The fourth-order valence-electron chi connectivity index (χ4n) is 5.10. The first-order valence-electron chi connectivity index (χ1n) is 12.2. The summed E-state index contributed by atoms with van der Waals surface area (Å²) in [6, 6.07) is 28.7. The van der Waals surface area contributed by atoms with E-state index in [1.807, 2.05) is 54.6 Å². The lowest BCUT2D eigenvalue weighted by molar-refractivity contribution is 0.339. The predicted molar refractivity (Wildman–Crippen MR) is 142 cm³/mol. The summed E-state index contributed by atoms with van der Waals surface area (Å²) in [4.78, 5) is 17.2. The Morgan fingerprint density at radius 3 is 2.17 bits per heavy atom. The van der Waals surface area contributed by atoms with Crippen LogP contribution in [0, 0.1) is 0 Å². The van der Waals surface area contributed by atoms with Crippen molar-refractivity contribution in [2.45, 2.75) is 48.2 Å². The van der Waals surface area contributed by atoms with Gasteiger partial charge < -0.3 is 4.98 Å². The van der Waals surface area contributed by atoms with Crippen LogP contribution in [0.3, 0.4) is 0 Å². The van der Waals surface area contributed by atoms with Gasteiger partial charge in [0.05, 0.1) is 4.90 Å². The molecule has 0 atom stereocenters. The second-order valence-electron chi connectivity index (χ2n) is 9.01. The van der Waals surface area contributed by atoms with E-state index in [4.69, 9.17) is 0 Å². The number of hydrogen-bond donors (Lipinski definition) is 1. The van der Waals surface area contributed by atoms with Gasteiger partial charge in [0.1, 0.15) is 0 Å². The molecule has 0 radical (unpaired) electrons. The average molecular weight is 479 g/mol. The number of para-hydroxylation sites is 1. The minimum Gasteiger partial charge on any atom is -0.321 e. The first kappa shape index (κ1) is 21.9. The Morgan fingerprint density at radius 2 is 1.43 bits per heavy atom. The van der Waals surface area contributed by atoms with E-state index in [-0.39, 0.29) is 5.56 Å². The number of benzene rings is 3. The highest BCUT2D eigenvalue weighted by atomic mass is 32.2. The Kier molecular flexibility index (Phi) is 5.96. The van der Waals surface area contributed by atoms with E-state index in [2.05, 4.69) is 50.1 Å². The number of aromatic nitrogens is 4. The summed E-state index contributed by atoms with van der Waals surface area (Å²) in [6.07, 6.45) is 5.88. The summed E-state index contributed by atoms with van der Waals surface area (Å²) < 4.78 is 2.28. The van der Waals surface area contributed by atoms with Gasteiger partial charge in [-0.05, 0) is 36.2 Å². The standard InChI is InChI=1S/C29H26N4OS/c34-28-26(25(20-12-4-1-5-13-20)23-18-10-11-19-24(23)30-28)35-29-32-31-27(21-14-6-2-7-15-21)33(29)22-16-8-3-9-17-22/h1-2,4-7,10-15,18-19,22H,3,8-9,16-17H2,(H,30,34). The lowest BCUT2D eigenvalue weighted by Crippen LogP contribution is -2.16. The second kappa shape index (κ2) is 9.55. The lowest BCUT2D eigenvalue weighted by Gasteiger charge is -2.25. The van der Waals surface area contributed by atoms with Crippen LogP contribution < -0.4 is 5.56 Å². The Hall–Kier alpha value is -3.64. The molecule has 1 fully saturated rings. The van der Waals surface area contributed by atoms with Crippen LogP contribution in [-0.4, -0.2) is 19.7 Å². The Morgan fingerprint density at radius 1 is 0.771 bits per heavy atom. The maximum atomic E-state index is 13.5. The van der Waals surface area contributed by atoms with Crippen molar-refractivity contribution < 1.29 is 0 Å². The van der Waals surface area contributed by atoms with Crippen LogP contribution in [0.25, 0.3) is 33.4 Å². The van der Waals surface area contributed by atoms with Crippen molar-refractivity contribution >= 4 is 22.7 Å². The summed E-state index contributed by atoms with van der Waals surface area (Å²) >= 11 is 1.43. The summed E-state index contributed by atoms with van der Waals surface area (Å²) in [5.41, 5.74) is 3.73. The first-order valence-corrected chi connectivity index (χ1v) is 13.0. The molecule has 1 aliphatic carbocycles. The van der Waals surface area contributed by atoms with Gasteiger partial charge >= 0.3 is 0 Å². The predicted octanol–water partition coefficient (Wildman–Crippen LogP) is 7.11. The van der Waals surface area contributed by atoms with Crippen LogP contribution in [0.1, 0.15) is 38.1 Å². The molecule has 3 aromatic carbocycles. The van der Waals surface area contributed by atoms with Gasteiger partial charge in [-0.15, -0.1) is 10.2 Å². The van der Waals surface area contributed by atoms with E-state index in [9.17, 15) is 4.79 Å². The van der Waals surface area contributed by atoms with E-state index >= 15 is 0 Å². The number of nitrogens with one attached hydrogen (secondary N) is 1. The highest BCUT2D eigenvalue weighted by molar-refractivity contribution is 7.99. The summed E-state index contributed by atoms with van der Waals surface area (Å²) in [5.74, 6) is 0.874. The number of fused-ring (bicyclic) bond motifs is 1. The molecule has 2 aromatic heterocycles. The van der Waals surface area contributed by atoms with Crippen molar-refractivity contribution in [3.8, 4) is 22.5 Å². The summed E-state index contributed by atoms with van der Waals surface area (Å²) in [6.45, 7) is 0. The van der Waals surface area contributed by atoms with Gasteiger partial charge in [-0.25, -0.2) is 0 Å². The van der Waals surface area contributed by atoms with E-state index in [1.165, 1.54) is 31.0 Å². The van der Waals surface area contributed by atoms with E-state index in [0.717, 1.165) is 51.4 Å². The van der Waals surface area contributed by atoms with Crippen LogP contribution in [0.15, 0.2) is 99.8 Å². The maximum absolute atomic E-state index is 13.5. The fraction of sp³-hybridized carbons (Fsp3) is 0.207. The molecule has 1 saturated carbocycles. The van der Waals surface area contributed by atoms with Crippen molar-refractivity contribution in [2.24, 2.45) is 0 Å². The van der Waals surface area contributed by atoms with E-state index in [1.54, 1.807) is 0 Å². The van der Waals surface area contributed by atoms with Crippen molar-refractivity contribution in [3.63, 3.8) is 0 Å². The van der Waals surface area contributed by atoms with Gasteiger partial charge in [-0.3, -0.25) is 9.36 Å². The number of rotatable bonds is 5. The van der Waals surface area contributed by atoms with Gasteiger partial charge in [0.15, 0.2) is 11.0 Å². The van der Waals surface area contributed by atoms with Gasteiger partial charge in [0.25, 0.3) is 5.56 Å². The Balaban J connectivity index is 1.54. The van der Waals surface area contributed by atoms with Gasteiger partial charge in [0.2, 0.25) is 0 Å². The smallest absolute Gasteiger partial charge is 0.263 e. The molecule has 5 nitrogen and oxygen atoms in total. The molecule has 35 heavy (non-hydrogen) atoms. The van der Waals surface area contributed by atoms with Crippen LogP contribution in [0.5, 0.6) is 0 Å². The SMILES string of the molecule is O=c1[nH]c2ccccc2c(-c2ccccc2)c1Sc1nnc(-c2ccccc2)n1C1CCCCC1. The van der Waals surface area contributed by atoms with Gasteiger partial charge in [-0.1, -0.05) is 98.1 Å². The molecular formula is C29H26N4OS. The third-order valence-corrected chi connectivity index (χ3v) is 7.82. The molecule has 1 aliphatic rings. The lowest BCUT2D eigenvalue weighted by atomic mass is 9.95. The van der Waals surface area contributed by atoms with Crippen molar-refractivity contribution in [2.75, 3.05) is 0 Å². The van der Waals surface area contributed by atoms with Gasteiger partial charge in [-0.2, -0.15) is 0 Å². The monoisotopic (exact) mass is 478 g/mol.